The molecule has 0 aromatic heterocycles. The molecule has 1 heterocycles. The van der Waals surface area contributed by atoms with Gasteiger partial charge in [0.1, 0.15) is 0 Å². The van der Waals surface area contributed by atoms with Gasteiger partial charge in [-0.05, 0) is 18.2 Å². The topological polar surface area (TPSA) is 71.2 Å². The van der Waals surface area contributed by atoms with Crippen LogP contribution in [0.4, 0.5) is 50.0 Å². The lowest BCUT2D eigenvalue weighted by atomic mass is 9.95. The fraction of sp³-hybridized carbons (Fsp3) is 0.357. The average molecular weight is 418 g/mol. The minimum Gasteiger partial charge on any atom is -0.298 e. The molecule has 0 bridgehead atoms. The summed E-state index contributed by atoms with van der Waals surface area (Å²) in [6.45, 7) is 0. The number of nitriles is 1. The van der Waals surface area contributed by atoms with E-state index in [0.29, 0.717) is 12.1 Å². The molecular weight excluding hydrogens is 411 g/mol. The summed E-state index contributed by atoms with van der Waals surface area (Å²) in [5.41, 5.74) is -8.79. The highest BCUT2D eigenvalue weighted by atomic mass is 19.4. The molecule has 1 aliphatic heterocycles. The van der Waals surface area contributed by atoms with Crippen LogP contribution in [0, 0.1) is 16.7 Å². The Morgan fingerprint density at radius 1 is 1.04 bits per heavy atom. The van der Waals surface area contributed by atoms with E-state index < -0.39 is 62.5 Å². The molecule has 1 aromatic rings. The van der Waals surface area contributed by atoms with Gasteiger partial charge in [-0.25, -0.2) is 9.69 Å². The number of anilines is 1. The van der Waals surface area contributed by atoms with Gasteiger partial charge in [-0.15, -0.1) is 0 Å². The summed E-state index contributed by atoms with van der Waals surface area (Å²) in [7, 11) is 0.131. The summed E-state index contributed by atoms with van der Waals surface area (Å²) in [5, 5.41) is 16.1. The van der Waals surface area contributed by atoms with Crippen molar-refractivity contribution in [3.05, 3.63) is 29.3 Å². The van der Waals surface area contributed by atoms with Gasteiger partial charge in [0.15, 0.2) is 5.84 Å². The lowest BCUT2D eigenvalue weighted by Gasteiger charge is -2.37. The molecule has 28 heavy (non-hydrogen) atoms. The number of amidine groups is 1. The van der Waals surface area contributed by atoms with Crippen LogP contribution < -0.4 is 4.90 Å². The Hall–Kier alpha value is -2.98. The second kappa shape index (κ2) is 6.01. The number of urea groups is 1. The molecule has 0 aliphatic carbocycles. The SMILES string of the molecule is CN1C(=O)N(c2ccc(C#N)c(C(F)(F)F)c2)C(=N)C1(C(F)(F)F)C(F)(F)F. The Bertz CT molecular complexity index is 865. The van der Waals surface area contributed by atoms with Crippen LogP contribution >= 0.6 is 0 Å². The van der Waals surface area contributed by atoms with Crippen molar-refractivity contribution in [1.29, 1.82) is 10.7 Å². The molecule has 0 saturated carbocycles. The van der Waals surface area contributed by atoms with Crippen LogP contribution in [-0.2, 0) is 6.18 Å². The number of hydrogen-bond acceptors (Lipinski definition) is 3. The Balaban J connectivity index is 2.75. The first kappa shape index (κ1) is 21.3. The number of likely N-dealkylation sites (N-methyl/N-ethyl adjacent to an activating group) is 1. The highest BCUT2D eigenvalue weighted by Gasteiger charge is 2.81. The third kappa shape index (κ3) is 2.72. The predicted molar refractivity (Wildman–Crippen MR) is 74.4 cm³/mol. The van der Waals surface area contributed by atoms with E-state index in [1.165, 1.54) is 6.07 Å². The number of alkyl halides is 9. The van der Waals surface area contributed by atoms with Crippen molar-refractivity contribution in [2.75, 3.05) is 11.9 Å². The molecule has 1 aromatic carbocycles. The number of rotatable bonds is 1. The van der Waals surface area contributed by atoms with Gasteiger partial charge in [0.25, 0.3) is 5.54 Å². The minimum atomic E-state index is -6.19. The van der Waals surface area contributed by atoms with Crippen LogP contribution in [0.5, 0.6) is 0 Å². The summed E-state index contributed by atoms with van der Waals surface area (Å²) < 4.78 is 119. The van der Waals surface area contributed by atoms with Crippen LogP contribution in [-0.4, -0.2) is 41.7 Å². The molecule has 1 saturated heterocycles. The molecule has 5 nitrogen and oxygen atoms in total. The first-order valence-corrected chi connectivity index (χ1v) is 6.93. The molecular formula is C14H7F9N4O. The van der Waals surface area contributed by atoms with Crippen LogP contribution in [0.1, 0.15) is 11.1 Å². The molecule has 1 fully saturated rings. The maximum absolute atomic E-state index is 13.4. The van der Waals surface area contributed by atoms with Gasteiger partial charge < -0.3 is 0 Å². The largest absolute Gasteiger partial charge is 0.428 e. The standard InChI is InChI=1S/C14H7F9N4O/c1-26-10(28)27(9(25)11(26,13(18,19)20)14(21,22)23)7-3-2-6(5-24)8(4-7)12(15,16)17/h2-4,25H,1H3. The Kier molecular flexibility index (Phi) is 4.58. The van der Waals surface area contributed by atoms with Crippen molar-refractivity contribution < 1.29 is 44.3 Å². The van der Waals surface area contributed by atoms with E-state index in [9.17, 15) is 44.3 Å². The smallest absolute Gasteiger partial charge is 0.298 e. The number of carbonyl (C=O) groups excluding carboxylic acids is 1. The molecule has 14 heteroatoms. The number of nitrogens with one attached hydrogen (secondary N) is 1. The summed E-state index contributed by atoms with van der Waals surface area (Å²) >= 11 is 0. The summed E-state index contributed by atoms with van der Waals surface area (Å²) in [6, 6.07) is 0.192. The average Bonchev–Trinajstić information content (AvgIpc) is 2.72. The second-order valence-corrected chi connectivity index (χ2v) is 5.57. The second-order valence-electron chi connectivity index (χ2n) is 5.57. The van der Waals surface area contributed by atoms with Crippen molar-refractivity contribution in [2.45, 2.75) is 24.1 Å². The van der Waals surface area contributed by atoms with Crippen molar-refractivity contribution >= 4 is 17.6 Å². The van der Waals surface area contributed by atoms with Crippen LogP contribution in [0.3, 0.4) is 0 Å². The number of hydrogen-bond donors (Lipinski definition) is 1. The highest BCUT2D eigenvalue weighted by molar-refractivity contribution is 6.25. The van der Waals surface area contributed by atoms with E-state index in [4.69, 9.17) is 10.7 Å². The first-order chi connectivity index (χ1) is 12.5. The number of amides is 2. The van der Waals surface area contributed by atoms with Crippen LogP contribution in [0.25, 0.3) is 0 Å². The zero-order chi connectivity index (χ0) is 21.9. The number of benzene rings is 1. The minimum absolute atomic E-state index is 0.0294. The Morgan fingerprint density at radius 2 is 1.54 bits per heavy atom. The van der Waals surface area contributed by atoms with Crippen molar-refractivity contribution in [3.8, 4) is 6.07 Å². The molecule has 0 unspecified atom stereocenters. The van der Waals surface area contributed by atoms with E-state index in [1.54, 1.807) is 0 Å². The predicted octanol–water partition coefficient (Wildman–Crippen LogP) is 4.29. The fourth-order valence-corrected chi connectivity index (χ4v) is 2.76. The normalized spacial score (nSPS) is 17.9. The van der Waals surface area contributed by atoms with Gasteiger partial charge in [0, 0.05) is 7.05 Å². The molecule has 2 amide bonds. The monoisotopic (exact) mass is 418 g/mol. The molecule has 0 radical (unpaired) electrons. The molecule has 0 spiro atoms. The van der Waals surface area contributed by atoms with Gasteiger partial charge in [-0.3, -0.25) is 10.3 Å². The Labute approximate surface area is 150 Å². The van der Waals surface area contributed by atoms with E-state index in [1.807, 2.05) is 0 Å². The first-order valence-electron chi connectivity index (χ1n) is 6.93. The Morgan fingerprint density at radius 3 is 1.89 bits per heavy atom. The number of halogens is 9. The van der Waals surface area contributed by atoms with Crippen molar-refractivity contribution in [2.24, 2.45) is 0 Å². The summed E-state index contributed by atoms with van der Waals surface area (Å²) in [6.07, 6.45) is -17.6. The van der Waals surface area contributed by atoms with Crippen molar-refractivity contribution in [3.63, 3.8) is 0 Å². The molecule has 152 valence electrons. The highest BCUT2D eigenvalue weighted by Crippen LogP contribution is 2.52. The van der Waals surface area contributed by atoms with Gasteiger partial charge in [-0.1, -0.05) is 0 Å². The third-order valence-corrected chi connectivity index (χ3v) is 4.06. The summed E-state index contributed by atoms with van der Waals surface area (Å²) in [4.78, 5) is 10.9. The zero-order valence-electron chi connectivity index (χ0n) is 13.4. The van der Waals surface area contributed by atoms with E-state index >= 15 is 0 Å². The molecule has 2 rings (SSSR count). The quantitative estimate of drug-likeness (QED) is 0.692. The van der Waals surface area contributed by atoms with Crippen molar-refractivity contribution in [1.82, 2.24) is 4.90 Å². The van der Waals surface area contributed by atoms with E-state index in [2.05, 4.69) is 0 Å². The molecule has 1 aliphatic rings. The lowest BCUT2D eigenvalue weighted by molar-refractivity contribution is -0.300. The molecule has 0 atom stereocenters. The maximum atomic E-state index is 13.4. The van der Waals surface area contributed by atoms with Crippen LogP contribution in [0.15, 0.2) is 18.2 Å². The van der Waals surface area contributed by atoms with E-state index in [-0.39, 0.29) is 13.1 Å². The van der Waals surface area contributed by atoms with Crippen LogP contribution in [0.2, 0.25) is 0 Å². The van der Waals surface area contributed by atoms with Gasteiger partial charge in [-0.2, -0.15) is 44.8 Å². The summed E-state index contributed by atoms with van der Waals surface area (Å²) in [5.74, 6) is -2.34. The number of carbonyl (C=O) groups is 1. The lowest BCUT2D eigenvalue weighted by Crippen LogP contribution is -2.68. The van der Waals surface area contributed by atoms with Gasteiger partial charge in [0.05, 0.1) is 22.9 Å². The number of nitrogens with zero attached hydrogens (tertiary/aromatic N) is 3. The maximum Gasteiger partial charge on any atom is 0.428 e. The third-order valence-electron chi connectivity index (χ3n) is 4.06. The van der Waals surface area contributed by atoms with Gasteiger partial charge >= 0.3 is 24.6 Å². The van der Waals surface area contributed by atoms with Gasteiger partial charge in [0.2, 0.25) is 0 Å². The van der Waals surface area contributed by atoms with E-state index in [0.717, 1.165) is 0 Å². The molecule has 1 N–H and O–H groups in total. The fourth-order valence-electron chi connectivity index (χ4n) is 2.76. The zero-order valence-corrected chi connectivity index (χ0v) is 13.4.